The van der Waals surface area contributed by atoms with Crippen LogP contribution in [0.5, 0.6) is 0 Å². The molecule has 0 heterocycles. The van der Waals surface area contributed by atoms with Crippen LogP contribution < -0.4 is 4.90 Å². The molecule has 1 atom stereocenters. The maximum atomic E-state index is 11.5. The molecule has 1 aromatic carbocycles. The fourth-order valence-corrected chi connectivity index (χ4v) is 1.79. The third kappa shape index (κ3) is 3.16. The minimum absolute atomic E-state index is 0.143. The molecule has 0 spiro atoms. The van der Waals surface area contributed by atoms with Gasteiger partial charge in [-0.3, -0.25) is 4.90 Å². The first-order valence-corrected chi connectivity index (χ1v) is 6.30. The topological polar surface area (TPSA) is 40.5 Å². The normalized spacial score (nSPS) is 13.2. The Hall–Kier alpha value is -1.22. The molecule has 0 saturated carbocycles. The summed E-state index contributed by atoms with van der Waals surface area (Å²) in [6, 6.07) is 5.18. The smallest absolute Gasteiger partial charge is 0.412 e. The number of rotatable bonds is 2. The van der Waals surface area contributed by atoms with Crippen LogP contribution in [0.1, 0.15) is 33.3 Å². The fraction of sp³-hybridized carbons (Fsp3) is 0.500. The molecule has 18 heavy (non-hydrogen) atoms. The summed E-state index contributed by atoms with van der Waals surface area (Å²) < 4.78 is 0. The van der Waals surface area contributed by atoms with Crippen LogP contribution in [0.15, 0.2) is 18.2 Å². The molecule has 1 aromatic rings. The summed E-state index contributed by atoms with van der Waals surface area (Å²) in [6.07, 6.45) is -0.961. The Kier molecular flexibility index (Phi) is 4.28. The number of hydrogen-bond acceptors (Lipinski definition) is 1. The summed E-state index contributed by atoms with van der Waals surface area (Å²) in [4.78, 5) is 12.8. The Labute approximate surface area is 113 Å². The van der Waals surface area contributed by atoms with Crippen LogP contribution in [0, 0.1) is 12.3 Å². The van der Waals surface area contributed by atoms with Crippen LogP contribution in [-0.2, 0) is 0 Å². The zero-order chi connectivity index (χ0) is 14.1. The third-order valence-corrected chi connectivity index (χ3v) is 3.69. The number of carboxylic acid groups (broad SMARTS) is 1. The van der Waals surface area contributed by atoms with Crippen LogP contribution in [0.2, 0.25) is 5.02 Å². The van der Waals surface area contributed by atoms with Crippen molar-refractivity contribution in [1.82, 2.24) is 0 Å². The quantitative estimate of drug-likeness (QED) is 0.854. The van der Waals surface area contributed by atoms with E-state index in [9.17, 15) is 9.90 Å². The van der Waals surface area contributed by atoms with Crippen molar-refractivity contribution in [1.29, 1.82) is 0 Å². The second-order valence-electron chi connectivity index (χ2n) is 5.63. The number of amides is 1. The molecule has 0 fully saturated rings. The molecule has 0 aliphatic carbocycles. The van der Waals surface area contributed by atoms with Gasteiger partial charge in [-0.15, -0.1) is 0 Å². The van der Waals surface area contributed by atoms with Crippen LogP contribution in [0.4, 0.5) is 10.5 Å². The van der Waals surface area contributed by atoms with E-state index in [1.807, 2.05) is 40.7 Å². The minimum atomic E-state index is -0.961. The first-order valence-electron chi connectivity index (χ1n) is 5.93. The van der Waals surface area contributed by atoms with Gasteiger partial charge in [-0.25, -0.2) is 4.79 Å². The SMILES string of the molecule is Cc1ccc(N(C(=O)O)C(C)C(C)(C)C)cc1Cl. The Morgan fingerprint density at radius 1 is 1.39 bits per heavy atom. The predicted molar refractivity (Wildman–Crippen MR) is 75.6 cm³/mol. The van der Waals surface area contributed by atoms with Crippen molar-refractivity contribution in [2.45, 2.75) is 40.7 Å². The fourth-order valence-electron chi connectivity index (χ4n) is 1.62. The Balaban J connectivity index is 3.21. The molecule has 3 nitrogen and oxygen atoms in total. The molecule has 1 unspecified atom stereocenters. The van der Waals surface area contributed by atoms with Gasteiger partial charge in [-0.1, -0.05) is 38.4 Å². The van der Waals surface area contributed by atoms with Gasteiger partial charge in [0.15, 0.2) is 0 Å². The highest BCUT2D eigenvalue weighted by atomic mass is 35.5. The van der Waals surface area contributed by atoms with Gasteiger partial charge in [0.25, 0.3) is 0 Å². The third-order valence-electron chi connectivity index (χ3n) is 3.28. The lowest BCUT2D eigenvalue weighted by Crippen LogP contribution is -2.45. The second kappa shape index (κ2) is 5.19. The Bertz CT molecular complexity index is 452. The van der Waals surface area contributed by atoms with Gasteiger partial charge in [0.05, 0.1) is 0 Å². The van der Waals surface area contributed by atoms with E-state index in [1.165, 1.54) is 4.90 Å². The van der Waals surface area contributed by atoms with Crippen molar-refractivity contribution in [2.24, 2.45) is 5.41 Å². The van der Waals surface area contributed by atoms with Crippen LogP contribution in [0.25, 0.3) is 0 Å². The summed E-state index contributed by atoms with van der Waals surface area (Å²) in [5, 5.41) is 9.99. The van der Waals surface area contributed by atoms with E-state index < -0.39 is 6.09 Å². The molecule has 4 heteroatoms. The van der Waals surface area contributed by atoms with E-state index in [0.29, 0.717) is 10.7 Å². The van der Waals surface area contributed by atoms with Gasteiger partial charge < -0.3 is 5.11 Å². The molecular formula is C14H20ClNO2. The van der Waals surface area contributed by atoms with Gasteiger partial charge in [0, 0.05) is 16.8 Å². The molecule has 0 aliphatic rings. The van der Waals surface area contributed by atoms with E-state index in [2.05, 4.69) is 0 Å². The second-order valence-corrected chi connectivity index (χ2v) is 6.04. The van der Waals surface area contributed by atoms with Gasteiger partial charge >= 0.3 is 6.09 Å². The molecule has 1 rings (SSSR count). The average molecular weight is 270 g/mol. The molecule has 100 valence electrons. The van der Waals surface area contributed by atoms with Crippen LogP contribution >= 0.6 is 11.6 Å². The van der Waals surface area contributed by atoms with Crippen LogP contribution in [-0.4, -0.2) is 17.2 Å². The molecule has 0 saturated heterocycles. The standard InChI is InChI=1S/C14H20ClNO2/c1-9-6-7-11(8-12(9)15)16(13(17)18)10(2)14(3,4)5/h6-8,10H,1-5H3,(H,17,18). The van der Waals surface area contributed by atoms with Crippen molar-refractivity contribution < 1.29 is 9.90 Å². The highest BCUT2D eigenvalue weighted by molar-refractivity contribution is 6.31. The number of carbonyl (C=O) groups is 1. The summed E-state index contributed by atoms with van der Waals surface area (Å²) in [5.74, 6) is 0. The maximum Gasteiger partial charge on any atom is 0.412 e. The largest absolute Gasteiger partial charge is 0.465 e. The average Bonchev–Trinajstić information content (AvgIpc) is 2.21. The van der Waals surface area contributed by atoms with Crippen molar-refractivity contribution >= 4 is 23.4 Å². The van der Waals surface area contributed by atoms with Gasteiger partial charge in [0.2, 0.25) is 0 Å². The van der Waals surface area contributed by atoms with Crippen molar-refractivity contribution in [3.63, 3.8) is 0 Å². The maximum absolute atomic E-state index is 11.5. The van der Waals surface area contributed by atoms with E-state index in [0.717, 1.165) is 5.56 Å². The van der Waals surface area contributed by atoms with Crippen LogP contribution in [0.3, 0.4) is 0 Å². The summed E-state index contributed by atoms with van der Waals surface area (Å²) in [7, 11) is 0. The first kappa shape index (κ1) is 14.8. The van der Waals surface area contributed by atoms with Gasteiger partial charge in [-0.05, 0) is 37.0 Å². The highest BCUT2D eigenvalue weighted by Gasteiger charge is 2.30. The van der Waals surface area contributed by atoms with Crippen molar-refractivity contribution in [3.8, 4) is 0 Å². The monoisotopic (exact) mass is 269 g/mol. The lowest BCUT2D eigenvalue weighted by Gasteiger charge is -2.36. The number of halogens is 1. The van der Waals surface area contributed by atoms with Crippen molar-refractivity contribution in [3.05, 3.63) is 28.8 Å². The zero-order valence-corrected chi connectivity index (χ0v) is 12.2. The minimum Gasteiger partial charge on any atom is -0.465 e. The molecule has 0 bridgehead atoms. The van der Waals surface area contributed by atoms with E-state index in [4.69, 9.17) is 11.6 Å². The number of aryl methyl sites for hydroxylation is 1. The lowest BCUT2D eigenvalue weighted by molar-refractivity contribution is 0.191. The number of benzene rings is 1. The summed E-state index contributed by atoms with van der Waals surface area (Å²) >= 11 is 6.06. The van der Waals surface area contributed by atoms with Crippen molar-refractivity contribution in [2.75, 3.05) is 4.90 Å². The zero-order valence-electron chi connectivity index (χ0n) is 11.5. The van der Waals surface area contributed by atoms with E-state index in [1.54, 1.807) is 12.1 Å². The molecule has 1 N–H and O–H groups in total. The highest BCUT2D eigenvalue weighted by Crippen LogP contribution is 2.31. The number of anilines is 1. The Morgan fingerprint density at radius 3 is 2.33 bits per heavy atom. The molecule has 0 aliphatic heterocycles. The molecule has 1 amide bonds. The van der Waals surface area contributed by atoms with Gasteiger partial charge in [0.1, 0.15) is 0 Å². The lowest BCUT2D eigenvalue weighted by atomic mass is 9.87. The number of hydrogen-bond donors (Lipinski definition) is 1. The predicted octanol–water partition coefficient (Wildman–Crippen LogP) is 4.57. The first-order chi connectivity index (χ1) is 8.14. The molecule has 0 aromatic heterocycles. The summed E-state index contributed by atoms with van der Waals surface area (Å²) in [6.45, 7) is 9.85. The van der Waals surface area contributed by atoms with E-state index >= 15 is 0 Å². The molecular weight excluding hydrogens is 250 g/mol. The molecule has 0 radical (unpaired) electrons. The summed E-state index contributed by atoms with van der Waals surface area (Å²) in [5.41, 5.74) is 1.41. The van der Waals surface area contributed by atoms with E-state index in [-0.39, 0.29) is 11.5 Å². The van der Waals surface area contributed by atoms with Gasteiger partial charge in [-0.2, -0.15) is 0 Å². The number of nitrogens with zero attached hydrogens (tertiary/aromatic N) is 1. The Morgan fingerprint density at radius 2 is 1.94 bits per heavy atom.